The van der Waals surface area contributed by atoms with E-state index in [1.165, 1.54) is 18.5 Å². The molecule has 1 aromatic heterocycles. The first-order chi connectivity index (χ1) is 9.31. The maximum atomic E-state index is 4.41. The van der Waals surface area contributed by atoms with E-state index >= 15 is 0 Å². The maximum Gasteiger partial charge on any atom is 0.0645 e. The Kier molecular flexibility index (Phi) is 3.62. The molecule has 2 heterocycles. The quantitative estimate of drug-likeness (QED) is 0.903. The van der Waals surface area contributed by atoms with E-state index in [9.17, 15) is 0 Å². The highest BCUT2D eigenvalue weighted by molar-refractivity contribution is 5.30. The lowest BCUT2D eigenvalue weighted by Gasteiger charge is -2.11. The van der Waals surface area contributed by atoms with Crippen molar-refractivity contribution in [3.63, 3.8) is 0 Å². The molecule has 0 aliphatic carbocycles. The molecule has 4 nitrogen and oxygen atoms in total. The topological polar surface area (TPSA) is 33.1 Å². The Morgan fingerprint density at radius 2 is 2.16 bits per heavy atom. The fourth-order valence-electron chi connectivity index (χ4n) is 2.54. The molecule has 0 saturated carbocycles. The van der Waals surface area contributed by atoms with E-state index in [1.807, 2.05) is 29.1 Å². The van der Waals surface area contributed by atoms with Gasteiger partial charge in [-0.2, -0.15) is 5.10 Å². The molecule has 19 heavy (non-hydrogen) atoms. The molecule has 4 heteroatoms. The summed E-state index contributed by atoms with van der Waals surface area (Å²) < 4.78 is 1.93. The van der Waals surface area contributed by atoms with Crippen molar-refractivity contribution >= 4 is 0 Å². The number of hydrogen-bond donors (Lipinski definition) is 1. The molecule has 2 aromatic rings. The van der Waals surface area contributed by atoms with Crippen LogP contribution in [0, 0.1) is 0 Å². The summed E-state index contributed by atoms with van der Waals surface area (Å²) in [6.45, 7) is 3.24. The van der Waals surface area contributed by atoms with Crippen LogP contribution in [0.4, 0.5) is 0 Å². The Labute approximate surface area is 114 Å². The predicted octanol–water partition coefficient (Wildman–Crippen LogP) is 1.67. The van der Waals surface area contributed by atoms with E-state index in [-0.39, 0.29) is 0 Å². The molecule has 1 aromatic carbocycles. The molecule has 0 bridgehead atoms. The van der Waals surface area contributed by atoms with Gasteiger partial charge in [0.05, 0.1) is 11.9 Å². The number of likely N-dealkylation sites (tertiary alicyclic amines) is 1. The first kappa shape index (κ1) is 12.4. The van der Waals surface area contributed by atoms with Gasteiger partial charge in [0, 0.05) is 30.9 Å². The summed E-state index contributed by atoms with van der Waals surface area (Å²) in [6, 6.07) is 10.8. The highest BCUT2D eigenvalue weighted by atomic mass is 15.3. The van der Waals surface area contributed by atoms with E-state index in [4.69, 9.17) is 0 Å². The van der Waals surface area contributed by atoms with Crippen molar-refractivity contribution in [2.75, 3.05) is 20.1 Å². The summed E-state index contributed by atoms with van der Waals surface area (Å²) in [6.07, 6.45) is 5.28. The molecule has 1 N–H and O–H groups in total. The molecule has 0 amide bonds. The van der Waals surface area contributed by atoms with Crippen LogP contribution in [0.25, 0.3) is 5.69 Å². The number of hydrogen-bond acceptors (Lipinski definition) is 3. The maximum absolute atomic E-state index is 4.41. The zero-order valence-corrected chi connectivity index (χ0v) is 11.3. The number of rotatable bonds is 4. The Bertz CT molecular complexity index is 520. The lowest BCUT2D eigenvalue weighted by molar-refractivity contribution is 0.397. The smallest absolute Gasteiger partial charge is 0.0645 e. The number of para-hydroxylation sites is 1. The van der Waals surface area contributed by atoms with Crippen molar-refractivity contribution in [3.05, 3.63) is 48.3 Å². The normalized spacial score (nSPS) is 19.9. The summed E-state index contributed by atoms with van der Waals surface area (Å²) in [4.78, 5) is 2.37. The molecule has 1 aliphatic rings. The van der Waals surface area contributed by atoms with E-state index in [0.717, 1.165) is 18.8 Å². The highest BCUT2D eigenvalue weighted by Crippen LogP contribution is 2.10. The van der Waals surface area contributed by atoms with Crippen LogP contribution < -0.4 is 5.32 Å². The van der Waals surface area contributed by atoms with Gasteiger partial charge in [-0.3, -0.25) is 0 Å². The summed E-state index contributed by atoms with van der Waals surface area (Å²) in [5, 5.41) is 8.01. The van der Waals surface area contributed by atoms with Crippen LogP contribution in [-0.4, -0.2) is 40.9 Å². The van der Waals surface area contributed by atoms with Crippen molar-refractivity contribution in [1.29, 1.82) is 0 Å². The number of likely N-dealkylation sites (N-methyl/N-ethyl adjacent to an activating group) is 1. The highest BCUT2D eigenvalue weighted by Gasteiger charge is 2.18. The van der Waals surface area contributed by atoms with Gasteiger partial charge in [-0.15, -0.1) is 0 Å². The molecule has 1 saturated heterocycles. The summed E-state index contributed by atoms with van der Waals surface area (Å²) in [5.41, 5.74) is 2.34. The van der Waals surface area contributed by atoms with E-state index in [2.05, 4.69) is 40.7 Å². The van der Waals surface area contributed by atoms with Crippen molar-refractivity contribution < 1.29 is 0 Å². The van der Waals surface area contributed by atoms with Gasteiger partial charge in [0.2, 0.25) is 0 Å². The molecule has 1 atom stereocenters. The third-order valence-corrected chi connectivity index (χ3v) is 3.64. The van der Waals surface area contributed by atoms with E-state index in [1.54, 1.807) is 0 Å². The molecular weight excluding hydrogens is 236 g/mol. The second-order valence-electron chi connectivity index (χ2n) is 5.26. The minimum Gasteiger partial charge on any atom is -0.308 e. The largest absolute Gasteiger partial charge is 0.308 e. The van der Waals surface area contributed by atoms with Crippen LogP contribution in [0.5, 0.6) is 0 Å². The van der Waals surface area contributed by atoms with Crippen LogP contribution in [0.1, 0.15) is 12.0 Å². The second-order valence-corrected chi connectivity index (χ2v) is 5.26. The predicted molar refractivity (Wildman–Crippen MR) is 76.3 cm³/mol. The molecular formula is C15H20N4. The minimum absolute atomic E-state index is 0.616. The van der Waals surface area contributed by atoms with Gasteiger partial charge >= 0.3 is 0 Å². The standard InChI is InChI=1S/C15H20N4/c1-18-8-7-14(12-18)16-9-13-10-17-19(11-13)15-5-3-2-4-6-15/h2-6,10-11,14,16H,7-9,12H2,1H3. The molecule has 1 fully saturated rings. The SMILES string of the molecule is CN1CCC(NCc2cnn(-c3ccccc3)c2)C1. The number of nitrogens with zero attached hydrogens (tertiary/aromatic N) is 3. The van der Waals surface area contributed by atoms with Gasteiger partial charge in [0.25, 0.3) is 0 Å². The molecule has 0 spiro atoms. The Hall–Kier alpha value is -1.65. The Morgan fingerprint density at radius 1 is 1.32 bits per heavy atom. The van der Waals surface area contributed by atoms with Gasteiger partial charge in [0.15, 0.2) is 0 Å². The van der Waals surface area contributed by atoms with Gasteiger partial charge in [0.1, 0.15) is 0 Å². The first-order valence-electron chi connectivity index (χ1n) is 6.82. The van der Waals surface area contributed by atoms with Crippen LogP contribution in [-0.2, 0) is 6.54 Å². The van der Waals surface area contributed by atoms with E-state index in [0.29, 0.717) is 6.04 Å². The van der Waals surface area contributed by atoms with Gasteiger partial charge in [-0.05, 0) is 32.1 Å². The monoisotopic (exact) mass is 256 g/mol. The molecule has 1 unspecified atom stereocenters. The van der Waals surface area contributed by atoms with E-state index < -0.39 is 0 Å². The lowest BCUT2D eigenvalue weighted by atomic mass is 10.2. The molecule has 1 aliphatic heterocycles. The number of nitrogens with one attached hydrogen (secondary N) is 1. The summed E-state index contributed by atoms with van der Waals surface area (Å²) >= 11 is 0. The Morgan fingerprint density at radius 3 is 2.89 bits per heavy atom. The molecule has 0 radical (unpaired) electrons. The molecule has 100 valence electrons. The van der Waals surface area contributed by atoms with Crippen LogP contribution in [0.3, 0.4) is 0 Å². The third-order valence-electron chi connectivity index (χ3n) is 3.64. The lowest BCUT2D eigenvalue weighted by Crippen LogP contribution is -2.30. The first-order valence-corrected chi connectivity index (χ1v) is 6.82. The van der Waals surface area contributed by atoms with Crippen LogP contribution in [0.2, 0.25) is 0 Å². The summed E-state index contributed by atoms with van der Waals surface area (Å²) in [5.74, 6) is 0. The van der Waals surface area contributed by atoms with Crippen molar-refractivity contribution in [3.8, 4) is 5.69 Å². The van der Waals surface area contributed by atoms with Gasteiger partial charge in [-0.25, -0.2) is 4.68 Å². The van der Waals surface area contributed by atoms with Gasteiger partial charge in [-0.1, -0.05) is 18.2 Å². The zero-order chi connectivity index (χ0) is 13.1. The zero-order valence-electron chi connectivity index (χ0n) is 11.3. The number of aromatic nitrogens is 2. The van der Waals surface area contributed by atoms with Crippen molar-refractivity contribution in [2.24, 2.45) is 0 Å². The van der Waals surface area contributed by atoms with Crippen LogP contribution in [0.15, 0.2) is 42.7 Å². The fraction of sp³-hybridized carbons (Fsp3) is 0.400. The van der Waals surface area contributed by atoms with Crippen molar-refractivity contribution in [1.82, 2.24) is 20.0 Å². The molecule has 3 rings (SSSR count). The average Bonchev–Trinajstić information content (AvgIpc) is 3.06. The van der Waals surface area contributed by atoms with Crippen LogP contribution >= 0.6 is 0 Å². The third kappa shape index (κ3) is 3.03. The van der Waals surface area contributed by atoms with Crippen molar-refractivity contribution in [2.45, 2.75) is 19.0 Å². The summed E-state index contributed by atoms with van der Waals surface area (Å²) in [7, 11) is 2.18. The van der Waals surface area contributed by atoms with Gasteiger partial charge < -0.3 is 10.2 Å². The fourth-order valence-corrected chi connectivity index (χ4v) is 2.54. The number of benzene rings is 1. The minimum atomic E-state index is 0.616. The average molecular weight is 256 g/mol. The second kappa shape index (κ2) is 5.55. The Balaban J connectivity index is 1.59.